The van der Waals surface area contributed by atoms with Crippen molar-refractivity contribution in [3.8, 4) is 0 Å². The predicted octanol–water partition coefficient (Wildman–Crippen LogP) is 2.37. The quantitative estimate of drug-likeness (QED) is 0.860. The van der Waals surface area contributed by atoms with E-state index in [1.165, 1.54) is 0 Å². The first-order valence-corrected chi connectivity index (χ1v) is 7.43. The number of hydrogen-bond donors (Lipinski definition) is 1. The number of anilines is 1. The molecule has 0 aliphatic carbocycles. The highest BCUT2D eigenvalue weighted by molar-refractivity contribution is 7.91. The van der Waals surface area contributed by atoms with Gasteiger partial charge in [-0.2, -0.15) is 4.98 Å². The van der Waals surface area contributed by atoms with E-state index in [1.807, 2.05) is 13.8 Å². The van der Waals surface area contributed by atoms with Gasteiger partial charge in [0.15, 0.2) is 5.58 Å². The summed E-state index contributed by atoms with van der Waals surface area (Å²) in [5, 5.41) is -0.667. The number of benzene rings is 1. The lowest BCUT2D eigenvalue weighted by Crippen LogP contribution is -2.20. The first-order chi connectivity index (χ1) is 8.48. The maximum atomic E-state index is 12.3. The first-order valence-electron chi connectivity index (χ1n) is 5.89. The van der Waals surface area contributed by atoms with Gasteiger partial charge in [0.1, 0.15) is 5.52 Å². The number of nitrogens with two attached hydrogens (primary N) is 1. The molecule has 0 bridgehead atoms. The Morgan fingerprint density at radius 2 is 2.00 bits per heavy atom. The minimum absolute atomic E-state index is 0.211. The van der Waals surface area contributed by atoms with E-state index in [0.29, 0.717) is 29.6 Å². The highest BCUT2D eigenvalue weighted by atomic mass is 32.2. The van der Waals surface area contributed by atoms with Crippen molar-refractivity contribution in [2.75, 3.05) is 5.73 Å². The summed E-state index contributed by atoms with van der Waals surface area (Å²) in [6, 6.07) is 4.88. The molecule has 1 heterocycles. The Labute approximate surface area is 106 Å². The summed E-state index contributed by atoms with van der Waals surface area (Å²) in [4.78, 5) is 4.03. The molecule has 0 spiro atoms. The Morgan fingerprint density at radius 1 is 1.33 bits per heavy atom. The van der Waals surface area contributed by atoms with Crippen LogP contribution in [0.3, 0.4) is 0 Å². The molecule has 1 aromatic carbocycles. The zero-order valence-corrected chi connectivity index (χ0v) is 11.2. The van der Waals surface area contributed by atoms with Gasteiger partial charge in [-0.05, 0) is 31.0 Å². The third-order valence-corrected chi connectivity index (χ3v) is 5.19. The van der Waals surface area contributed by atoms with Crippen LogP contribution in [0.2, 0.25) is 0 Å². The van der Waals surface area contributed by atoms with Crippen LogP contribution in [-0.4, -0.2) is 18.7 Å². The molecule has 0 fully saturated rings. The molecule has 2 aromatic rings. The van der Waals surface area contributed by atoms with E-state index in [9.17, 15) is 8.42 Å². The van der Waals surface area contributed by atoms with Gasteiger partial charge in [0.25, 0.3) is 0 Å². The van der Waals surface area contributed by atoms with Crippen molar-refractivity contribution in [3.05, 3.63) is 18.2 Å². The van der Waals surface area contributed by atoms with E-state index in [1.54, 1.807) is 18.2 Å². The lowest BCUT2D eigenvalue weighted by molar-refractivity contribution is 0.451. The van der Waals surface area contributed by atoms with Crippen molar-refractivity contribution in [3.63, 3.8) is 0 Å². The van der Waals surface area contributed by atoms with Gasteiger partial charge >= 0.3 is 5.22 Å². The number of nitrogens with zero attached hydrogens (tertiary/aromatic N) is 1. The van der Waals surface area contributed by atoms with E-state index >= 15 is 0 Å². The molecule has 0 radical (unpaired) electrons. The fraction of sp³-hybridized carbons (Fsp3) is 0.417. The lowest BCUT2D eigenvalue weighted by atomic mass is 10.3. The molecule has 0 amide bonds. The number of oxazole rings is 1. The van der Waals surface area contributed by atoms with Gasteiger partial charge < -0.3 is 10.2 Å². The molecule has 1 aromatic heterocycles. The number of hydrogen-bond acceptors (Lipinski definition) is 5. The molecule has 6 heteroatoms. The van der Waals surface area contributed by atoms with E-state index in [2.05, 4.69) is 4.98 Å². The molecule has 0 atom stereocenters. The number of rotatable bonds is 4. The second kappa shape index (κ2) is 4.61. The van der Waals surface area contributed by atoms with Crippen molar-refractivity contribution in [1.29, 1.82) is 0 Å². The average molecular weight is 268 g/mol. The van der Waals surface area contributed by atoms with Crippen molar-refractivity contribution in [1.82, 2.24) is 4.98 Å². The van der Waals surface area contributed by atoms with Crippen LogP contribution in [0.1, 0.15) is 26.7 Å². The minimum Gasteiger partial charge on any atom is -0.428 e. The summed E-state index contributed by atoms with van der Waals surface area (Å²) in [6.45, 7) is 3.68. The van der Waals surface area contributed by atoms with E-state index in [4.69, 9.17) is 10.2 Å². The third kappa shape index (κ3) is 2.08. The van der Waals surface area contributed by atoms with Crippen molar-refractivity contribution in [2.24, 2.45) is 0 Å². The van der Waals surface area contributed by atoms with E-state index in [0.717, 1.165) is 0 Å². The highest BCUT2D eigenvalue weighted by Crippen LogP contribution is 2.25. The first kappa shape index (κ1) is 12.9. The zero-order valence-electron chi connectivity index (χ0n) is 10.4. The molecular formula is C12H16N2O3S. The SMILES string of the molecule is CCC(CC)S(=O)(=O)c1nc2cc(N)ccc2o1. The third-order valence-electron chi connectivity index (χ3n) is 2.98. The molecule has 98 valence electrons. The maximum Gasteiger partial charge on any atom is 0.316 e. The second-order valence-corrected chi connectivity index (χ2v) is 6.30. The standard InChI is InChI=1S/C12H16N2O3S/c1-3-9(4-2)18(15,16)12-14-10-7-8(13)5-6-11(10)17-12/h5-7,9H,3-4,13H2,1-2H3. The van der Waals surface area contributed by atoms with Crippen LogP contribution < -0.4 is 5.73 Å². The summed E-state index contributed by atoms with van der Waals surface area (Å²) >= 11 is 0. The monoisotopic (exact) mass is 268 g/mol. The number of aromatic nitrogens is 1. The summed E-state index contributed by atoms with van der Waals surface area (Å²) < 4.78 is 29.8. The predicted molar refractivity (Wildman–Crippen MR) is 70.0 cm³/mol. The Kier molecular flexibility index (Phi) is 3.30. The Bertz CT molecular complexity index is 657. The smallest absolute Gasteiger partial charge is 0.316 e. The van der Waals surface area contributed by atoms with Crippen molar-refractivity contribution < 1.29 is 12.8 Å². The Hall–Kier alpha value is -1.56. The molecule has 0 aliphatic rings. The van der Waals surface area contributed by atoms with Gasteiger partial charge in [0.05, 0.1) is 5.25 Å². The summed E-state index contributed by atoms with van der Waals surface area (Å²) in [5.41, 5.74) is 7.06. The van der Waals surface area contributed by atoms with Crippen molar-refractivity contribution in [2.45, 2.75) is 37.2 Å². The minimum atomic E-state index is -3.49. The van der Waals surface area contributed by atoms with E-state index in [-0.39, 0.29) is 5.22 Å². The topological polar surface area (TPSA) is 86.2 Å². The largest absolute Gasteiger partial charge is 0.428 e. The lowest BCUT2D eigenvalue weighted by Gasteiger charge is -2.09. The molecule has 0 unspecified atom stereocenters. The van der Waals surface area contributed by atoms with Crippen LogP contribution >= 0.6 is 0 Å². The van der Waals surface area contributed by atoms with Crippen molar-refractivity contribution >= 4 is 26.6 Å². The summed E-state index contributed by atoms with van der Waals surface area (Å²) in [7, 11) is -3.49. The molecule has 18 heavy (non-hydrogen) atoms. The zero-order chi connectivity index (χ0) is 13.3. The van der Waals surface area contributed by atoms with Gasteiger partial charge in [-0.3, -0.25) is 0 Å². The maximum absolute atomic E-state index is 12.3. The molecular weight excluding hydrogens is 252 g/mol. The van der Waals surface area contributed by atoms with Gasteiger partial charge in [-0.15, -0.1) is 0 Å². The molecule has 0 aliphatic heterocycles. The van der Waals surface area contributed by atoms with Gasteiger partial charge in [-0.25, -0.2) is 8.42 Å². The van der Waals surface area contributed by atoms with E-state index < -0.39 is 15.1 Å². The van der Waals surface area contributed by atoms with Crippen LogP contribution in [-0.2, 0) is 9.84 Å². The normalized spacial score (nSPS) is 12.4. The van der Waals surface area contributed by atoms with Crippen LogP contribution in [0.4, 0.5) is 5.69 Å². The number of sulfone groups is 1. The molecule has 2 N–H and O–H groups in total. The number of nitrogen functional groups attached to an aromatic ring is 1. The average Bonchev–Trinajstić information content (AvgIpc) is 2.73. The summed E-state index contributed by atoms with van der Waals surface area (Å²) in [6.07, 6.45) is 1.08. The fourth-order valence-corrected chi connectivity index (χ4v) is 3.51. The van der Waals surface area contributed by atoms with Crippen LogP contribution in [0, 0.1) is 0 Å². The van der Waals surface area contributed by atoms with Crippen LogP contribution in [0.5, 0.6) is 0 Å². The van der Waals surface area contributed by atoms with Crippen LogP contribution in [0.15, 0.2) is 27.8 Å². The second-order valence-electron chi connectivity index (χ2n) is 4.19. The van der Waals surface area contributed by atoms with Crippen LogP contribution in [0.25, 0.3) is 11.1 Å². The van der Waals surface area contributed by atoms with Gasteiger partial charge in [0.2, 0.25) is 9.84 Å². The summed E-state index contributed by atoms with van der Waals surface area (Å²) in [5.74, 6) is 0. The Balaban J connectivity index is 2.54. The van der Waals surface area contributed by atoms with Gasteiger partial charge in [-0.1, -0.05) is 13.8 Å². The number of fused-ring (bicyclic) bond motifs is 1. The van der Waals surface area contributed by atoms with Gasteiger partial charge in [0, 0.05) is 5.69 Å². The Morgan fingerprint density at radius 3 is 2.61 bits per heavy atom. The fourth-order valence-electron chi connectivity index (χ4n) is 1.92. The molecule has 0 saturated carbocycles. The molecule has 2 rings (SSSR count). The highest BCUT2D eigenvalue weighted by Gasteiger charge is 2.29. The molecule has 0 saturated heterocycles. The molecule has 5 nitrogen and oxygen atoms in total.